The van der Waals surface area contributed by atoms with E-state index in [0.717, 1.165) is 11.3 Å². The van der Waals surface area contributed by atoms with Crippen molar-refractivity contribution in [3.05, 3.63) is 65.0 Å². The lowest BCUT2D eigenvalue weighted by Crippen LogP contribution is -2.19. The summed E-state index contributed by atoms with van der Waals surface area (Å²) in [5.74, 6) is 0.653. The van der Waals surface area contributed by atoms with Gasteiger partial charge in [0, 0.05) is 7.05 Å². The Morgan fingerprint density at radius 3 is 2.63 bits per heavy atom. The third-order valence-electron chi connectivity index (χ3n) is 4.57. The van der Waals surface area contributed by atoms with E-state index in [1.807, 2.05) is 39.1 Å². The summed E-state index contributed by atoms with van der Waals surface area (Å²) >= 11 is 1.24. The lowest BCUT2D eigenvalue weighted by atomic mass is 10.1. The van der Waals surface area contributed by atoms with Gasteiger partial charge in [0.05, 0.1) is 17.0 Å². The van der Waals surface area contributed by atoms with Gasteiger partial charge in [-0.05, 0) is 49.2 Å². The van der Waals surface area contributed by atoms with Gasteiger partial charge >= 0.3 is 0 Å². The van der Waals surface area contributed by atoms with Gasteiger partial charge in [0.2, 0.25) is 5.91 Å². The molecular formula is C21H23N5O3S. The number of primary amides is 1. The number of ether oxygens (including phenoxy) is 1. The highest BCUT2D eigenvalue weighted by atomic mass is 32.2. The average molecular weight is 426 g/mol. The largest absolute Gasteiger partial charge is 0.486 e. The third kappa shape index (κ3) is 5.18. The Kier molecular flexibility index (Phi) is 6.73. The first-order valence-corrected chi connectivity index (χ1v) is 10.2. The number of thioether (sulfide) groups is 1. The molecule has 1 heterocycles. The van der Waals surface area contributed by atoms with Crippen molar-refractivity contribution >= 4 is 29.3 Å². The maximum atomic E-state index is 12.3. The minimum absolute atomic E-state index is 0.108. The number of anilines is 1. The maximum Gasteiger partial charge on any atom is 0.250 e. The van der Waals surface area contributed by atoms with E-state index in [1.54, 1.807) is 28.8 Å². The van der Waals surface area contributed by atoms with Gasteiger partial charge in [0.25, 0.3) is 5.91 Å². The van der Waals surface area contributed by atoms with Gasteiger partial charge in [0.1, 0.15) is 12.4 Å². The number of para-hydroxylation sites is 1. The summed E-state index contributed by atoms with van der Waals surface area (Å²) in [4.78, 5) is 23.7. The molecule has 0 fully saturated rings. The monoisotopic (exact) mass is 425 g/mol. The van der Waals surface area contributed by atoms with Crippen LogP contribution < -0.4 is 15.8 Å². The second-order valence-corrected chi connectivity index (χ2v) is 7.68. The van der Waals surface area contributed by atoms with E-state index in [0.29, 0.717) is 16.7 Å². The number of hydrogen-bond acceptors (Lipinski definition) is 6. The SMILES string of the molecule is Cc1ccc(OCc2nnc(SCC(=O)Nc3ccccc3C(N)=O)n2C)cc1C. The molecule has 1 aromatic heterocycles. The van der Waals surface area contributed by atoms with Crippen LogP contribution in [0, 0.1) is 13.8 Å². The van der Waals surface area contributed by atoms with Crippen molar-refractivity contribution in [2.75, 3.05) is 11.1 Å². The number of nitrogens with two attached hydrogens (primary N) is 1. The molecule has 30 heavy (non-hydrogen) atoms. The molecule has 0 unspecified atom stereocenters. The number of carbonyl (C=O) groups is 2. The van der Waals surface area contributed by atoms with Crippen LogP contribution in [0.5, 0.6) is 5.75 Å². The van der Waals surface area contributed by atoms with E-state index in [2.05, 4.69) is 15.5 Å². The molecule has 9 heteroatoms. The first-order chi connectivity index (χ1) is 14.3. The van der Waals surface area contributed by atoms with Crippen LogP contribution in [0.1, 0.15) is 27.3 Å². The molecule has 0 radical (unpaired) electrons. The number of amides is 2. The fourth-order valence-corrected chi connectivity index (χ4v) is 3.40. The summed E-state index contributed by atoms with van der Waals surface area (Å²) in [7, 11) is 1.82. The Bertz CT molecular complexity index is 1080. The van der Waals surface area contributed by atoms with Gasteiger partial charge in [-0.1, -0.05) is 30.0 Å². The molecule has 156 valence electrons. The molecular weight excluding hydrogens is 402 g/mol. The van der Waals surface area contributed by atoms with Crippen molar-refractivity contribution in [2.45, 2.75) is 25.6 Å². The summed E-state index contributed by atoms with van der Waals surface area (Å²) in [6.07, 6.45) is 0. The maximum absolute atomic E-state index is 12.3. The van der Waals surface area contributed by atoms with Gasteiger partial charge in [-0.25, -0.2) is 0 Å². The Balaban J connectivity index is 1.56. The number of benzene rings is 2. The average Bonchev–Trinajstić information content (AvgIpc) is 3.07. The van der Waals surface area contributed by atoms with Crippen LogP contribution in [-0.2, 0) is 18.4 Å². The summed E-state index contributed by atoms with van der Waals surface area (Å²) in [5.41, 5.74) is 8.35. The van der Waals surface area contributed by atoms with E-state index in [-0.39, 0.29) is 23.8 Å². The molecule has 8 nitrogen and oxygen atoms in total. The van der Waals surface area contributed by atoms with Gasteiger partial charge in [0.15, 0.2) is 11.0 Å². The highest BCUT2D eigenvalue weighted by Crippen LogP contribution is 2.20. The molecule has 0 atom stereocenters. The first kappa shape index (κ1) is 21.4. The van der Waals surface area contributed by atoms with E-state index < -0.39 is 5.91 Å². The highest BCUT2D eigenvalue weighted by molar-refractivity contribution is 7.99. The molecule has 2 amide bonds. The summed E-state index contributed by atoms with van der Waals surface area (Å²) in [6.45, 7) is 4.35. The summed E-state index contributed by atoms with van der Waals surface area (Å²) in [5, 5.41) is 11.6. The molecule has 0 saturated heterocycles. The molecule has 3 aromatic rings. The quantitative estimate of drug-likeness (QED) is 0.537. The lowest BCUT2D eigenvalue weighted by molar-refractivity contribution is -0.113. The Morgan fingerprint density at radius 1 is 1.13 bits per heavy atom. The number of rotatable bonds is 8. The predicted octanol–water partition coefficient (Wildman–Crippen LogP) is 2.84. The topological polar surface area (TPSA) is 112 Å². The van der Waals surface area contributed by atoms with Crippen LogP contribution in [0.2, 0.25) is 0 Å². The second-order valence-electron chi connectivity index (χ2n) is 6.74. The zero-order valence-corrected chi connectivity index (χ0v) is 17.8. The summed E-state index contributed by atoms with van der Waals surface area (Å²) < 4.78 is 7.59. The predicted molar refractivity (Wildman–Crippen MR) is 116 cm³/mol. The number of carbonyl (C=O) groups excluding carboxylic acids is 2. The van der Waals surface area contributed by atoms with Crippen LogP contribution in [0.25, 0.3) is 0 Å². The van der Waals surface area contributed by atoms with Crippen LogP contribution in [0.3, 0.4) is 0 Å². The van der Waals surface area contributed by atoms with E-state index >= 15 is 0 Å². The van der Waals surface area contributed by atoms with Crippen molar-refractivity contribution in [3.8, 4) is 5.75 Å². The normalized spacial score (nSPS) is 10.6. The van der Waals surface area contributed by atoms with E-state index in [9.17, 15) is 9.59 Å². The lowest BCUT2D eigenvalue weighted by Gasteiger charge is -2.09. The Morgan fingerprint density at radius 2 is 1.90 bits per heavy atom. The fraction of sp³-hybridized carbons (Fsp3) is 0.238. The van der Waals surface area contributed by atoms with E-state index in [1.165, 1.54) is 17.3 Å². The highest BCUT2D eigenvalue weighted by Gasteiger charge is 2.14. The second kappa shape index (κ2) is 9.45. The fourth-order valence-electron chi connectivity index (χ4n) is 2.67. The van der Waals surface area contributed by atoms with Gasteiger partial charge in [-0.3, -0.25) is 9.59 Å². The van der Waals surface area contributed by atoms with Crippen LogP contribution in [-0.4, -0.2) is 32.3 Å². The number of aromatic nitrogens is 3. The minimum Gasteiger partial charge on any atom is -0.486 e. The number of nitrogens with zero attached hydrogens (tertiary/aromatic N) is 3. The molecule has 0 bridgehead atoms. The van der Waals surface area contributed by atoms with Crippen LogP contribution >= 0.6 is 11.8 Å². The van der Waals surface area contributed by atoms with Gasteiger partial charge < -0.3 is 20.4 Å². The Hall–Kier alpha value is -3.33. The summed E-state index contributed by atoms with van der Waals surface area (Å²) in [6, 6.07) is 12.5. The van der Waals surface area contributed by atoms with Crippen LogP contribution in [0.4, 0.5) is 5.69 Å². The molecule has 0 aliphatic rings. The minimum atomic E-state index is -0.597. The first-order valence-electron chi connectivity index (χ1n) is 9.25. The van der Waals surface area contributed by atoms with E-state index in [4.69, 9.17) is 10.5 Å². The molecule has 0 spiro atoms. The number of hydrogen-bond donors (Lipinski definition) is 2. The number of aryl methyl sites for hydroxylation is 2. The molecule has 3 rings (SSSR count). The molecule has 0 aliphatic carbocycles. The van der Waals surface area contributed by atoms with Gasteiger partial charge in [-0.2, -0.15) is 0 Å². The number of nitrogens with one attached hydrogen (secondary N) is 1. The zero-order chi connectivity index (χ0) is 21.7. The van der Waals surface area contributed by atoms with Crippen molar-refractivity contribution in [2.24, 2.45) is 12.8 Å². The molecule has 0 aliphatic heterocycles. The van der Waals surface area contributed by atoms with Crippen molar-refractivity contribution in [1.82, 2.24) is 14.8 Å². The third-order valence-corrected chi connectivity index (χ3v) is 5.59. The van der Waals surface area contributed by atoms with Gasteiger partial charge in [-0.15, -0.1) is 10.2 Å². The van der Waals surface area contributed by atoms with Crippen molar-refractivity contribution < 1.29 is 14.3 Å². The van der Waals surface area contributed by atoms with Crippen LogP contribution in [0.15, 0.2) is 47.6 Å². The smallest absolute Gasteiger partial charge is 0.250 e. The molecule has 0 saturated carbocycles. The molecule has 3 N–H and O–H groups in total. The standard InChI is InChI=1S/C21H23N5O3S/c1-13-8-9-15(10-14(13)2)29-11-18-24-25-21(26(18)3)30-12-19(27)23-17-7-5-4-6-16(17)20(22)28/h4-10H,11-12H2,1-3H3,(H2,22,28)(H,23,27). The van der Waals surface area contributed by atoms with Crippen molar-refractivity contribution in [1.29, 1.82) is 0 Å². The van der Waals surface area contributed by atoms with Crippen molar-refractivity contribution in [3.63, 3.8) is 0 Å². The zero-order valence-electron chi connectivity index (χ0n) is 17.0. The Labute approximate surface area is 178 Å². The molecule has 2 aromatic carbocycles.